The van der Waals surface area contributed by atoms with Crippen LogP contribution in [0.25, 0.3) is 0 Å². The molecule has 1 aliphatic rings. The second kappa shape index (κ2) is 4.99. The normalized spacial score (nSPS) is 21.3. The molecule has 1 fully saturated rings. The molecule has 1 aliphatic heterocycles. The summed E-state index contributed by atoms with van der Waals surface area (Å²) >= 11 is 0. The van der Waals surface area contributed by atoms with Crippen LogP contribution in [0.2, 0.25) is 0 Å². The zero-order chi connectivity index (χ0) is 10.6. The van der Waals surface area contributed by atoms with Gasteiger partial charge in [-0.1, -0.05) is 11.8 Å². The van der Waals surface area contributed by atoms with E-state index in [1.165, 1.54) is 0 Å². The standard InChI is InChI=1S/C10H17N3O/c1-12(2)6-3-4-7-13-8-5-9(11)10(13)14/h9H,5-8,11H2,1-2H3/t9-/m1/s1. The lowest BCUT2D eigenvalue weighted by Crippen LogP contribution is -2.34. The molecule has 0 aromatic carbocycles. The Morgan fingerprint density at radius 1 is 1.57 bits per heavy atom. The fourth-order valence-corrected chi connectivity index (χ4v) is 1.29. The molecule has 1 heterocycles. The summed E-state index contributed by atoms with van der Waals surface area (Å²) in [5.74, 6) is 5.99. The van der Waals surface area contributed by atoms with Crippen LogP contribution in [0.5, 0.6) is 0 Å². The van der Waals surface area contributed by atoms with E-state index in [0.717, 1.165) is 19.5 Å². The molecule has 0 aromatic rings. The van der Waals surface area contributed by atoms with E-state index >= 15 is 0 Å². The van der Waals surface area contributed by atoms with E-state index in [9.17, 15) is 4.79 Å². The highest BCUT2D eigenvalue weighted by Crippen LogP contribution is 2.07. The molecule has 2 N–H and O–H groups in total. The van der Waals surface area contributed by atoms with Gasteiger partial charge in [0.25, 0.3) is 0 Å². The van der Waals surface area contributed by atoms with Crippen molar-refractivity contribution in [2.75, 3.05) is 33.7 Å². The SMILES string of the molecule is CN(C)CC#CCN1CC[C@@H](N)C1=O. The van der Waals surface area contributed by atoms with E-state index in [4.69, 9.17) is 5.73 Å². The van der Waals surface area contributed by atoms with Crippen LogP contribution in [0.1, 0.15) is 6.42 Å². The molecule has 4 heteroatoms. The van der Waals surface area contributed by atoms with Crippen molar-refractivity contribution >= 4 is 5.91 Å². The van der Waals surface area contributed by atoms with Gasteiger partial charge in [-0.15, -0.1) is 0 Å². The summed E-state index contributed by atoms with van der Waals surface area (Å²) in [5, 5.41) is 0. The number of nitrogens with two attached hydrogens (primary N) is 1. The number of hydrogen-bond donors (Lipinski definition) is 1. The molecule has 1 rings (SSSR count). The van der Waals surface area contributed by atoms with Gasteiger partial charge in [0.1, 0.15) is 0 Å². The summed E-state index contributed by atoms with van der Waals surface area (Å²) in [4.78, 5) is 15.1. The predicted molar refractivity (Wildman–Crippen MR) is 55.5 cm³/mol. The first-order valence-corrected chi connectivity index (χ1v) is 4.76. The van der Waals surface area contributed by atoms with Crippen LogP contribution in [-0.2, 0) is 4.79 Å². The Morgan fingerprint density at radius 3 is 2.79 bits per heavy atom. The van der Waals surface area contributed by atoms with E-state index < -0.39 is 0 Å². The molecule has 1 atom stereocenters. The van der Waals surface area contributed by atoms with Crippen LogP contribution in [0.15, 0.2) is 0 Å². The van der Waals surface area contributed by atoms with Crippen LogP contribution in [-0.4, -0.2) is 55.5 Å². The second-order valence-corrected chi connectivity index (χ2v) is 3.75. The van der Waals surface area contributed by atoms with Crippen molar-refractivity contribution in [2.24, 2.45) is 5.73 Å². The smallest absolute Gasteiger partial charge is 0.240 e. The van der Waals surface area contributed by atoms with Gasteiger partial charge in [-0.2, -0.15) is 0 Å². The Hall–Kier alpha value is -1.05. The summed E-state index contributed by atoms with van der Waals surface area (Å²) in [6.45, 7) is 1.99. The molecule has 4 nitrogen and oxygen atoms in total. The quantitative estimate of drug-likeness (QED) is 0.582. The number of carbonyl (C=O) groups excluding carboxylic acids is 1. The first-order chi connectivity index (χ1) is 6.61. The summed E-state index contributed by atoms with van der Waals surface area (Å²) in [6.07, 6.45) is 0.758. The predicted octanol–water partition coefficient (Wildman–Crippen LogP) is -0.889. The fraction of sp³-hybridized carbons (Fsp3) is 0.700. The van der Waals surface area contributed by atoms with Gasteiger partial charge in [-0.3, -0.25) is 9.69 Å². The van der Waals surface area contributed by atoms with Crippen molar-refractivity contribution in [3.8, 4) is 11.8 Å². The lowest BCUT2D eigenvalue weighted by Gasteiger charge is -2.11. The van der Waals surface area contributed by atoms with Crippen LogP contribution in [0, 0.1) is 11.8 Å². The Balaban J connectivity index is 2.31. The van der Waals surface area contributed by atoms with Gasteiger partial charge in [0.05, 0.1) is 19.1 Å². The molecule has 1 saturated heterocycles. The lowest BCUT2D eigenvalue weighted by atomic mass is 10.3. The molecule has 0 saturated carbocycles. The monoisotopic (exact) mass is 195 g/mol. The topological polar surface area (TPSA) is 49.6 Å². The molecule has 78 valence electrons. The average Bonchev–Trinajstić information content (AvgIpc) is 2.43. The summed E-state index contributed by atoms with van der Waals surface area (Å²) in [6, 6.07) is -0.300. The number of rotatable bonds is 2. The van der Waals surface area contributed by atoms with Crippen LogP contribution >= 0.6 is 0 Å². The molecular weight excluding hydrogens is 178 g/mol. The third-order valence-corrected chi connectivity index (χ3v) is 2.13. The largest absolute Gasteiger partial charge is 0.330 e. The highest BCUT2D eigenvalue weighted by Gasteiger charge is 2.27. The van der Waals surface area contributed by atoms with Crippen molar-refractivity contribution in [2.45, 2.75) is 12.5 Å². The van der Waals surface area contributed by atoms with Gasteiger partial charge < -0.3 is 10.6 Å². The molecule has 0 spiro atoms. The maximum absolute atomic E-state index is 11.4. The highest BCUT2D eigenvalue weighted by molar-refractivity contribution is 5.83. The average molecular weight is 195 g/mol. The molecule has 0 bridgehead atoms. The van der Waals surface area contributed by atoms with Crippen molar-refractivity contribution in [3.63, 3.8) is 0 Å². The van der Waals surface area contributed by atoms with E-state index in [1.54, 1.807) is 4.90 Å². The van der Waals surface area contributed by atoms with E-state index in [0.29, 0.717) is 6.54 Å². The third kappa shape index (κ3) is 3.02. The summed E-state index contributed by atoms with van der Waals surface area (Å²) < 4.78 is 0. The van der Waals surface area contributed by atoms with Crippen LogP contribution < -0.4 is 5.73 Å². The molecule has 0 unspecified atom stereocenters. The maximum Gasteiger partial charge on any atom is 0.240 e. The molecule has 0 radical (unpaired) electrons. The Bertz CT molecular complexity index is 264. The van der Waals surface area contributed by atoms with Gasteiger partial charge in [0.15, 0.2) is 0 Å². The van der Waals surface area contributed by atoms with Crippen LogP contribution in [0.3, 0.4) is 0 Å². The van der Waals surface area contributed by atoms with E-state index in [-0.39, 0.29) is 11.9 Å². The number of carbonyl (C=O) groups is 1. The number of amides is 1. The summed E-state index contributed by atoms with van der Waals surface area (Å²) in [5.41, 5.74) is 5.57. The highest BCUT2D eigenvalue weighted by atomic mass is 16.2. The van der Waals surface area contributed by atoms with Gasteiger partial charge >= 0.3 is 0 Å². The lowest BCUT2D eigenvalue weighted by molar-refractivity contribution is -0.128. The van der Waals surface area contributed by atoms with Crippen molar-refractivity contribution in [1.82, 2.24) is 9.80 Å². The minimum atomic E-state index is -0.300. The third-order valence-electron chi connectivity index (χ3n) is 2.13. The minimum absolute atomic E-state index is 0.0316. The van der Waals surface area contributed by atoms with Crippen molar-refractivity contribution in [1.29, 1.82) is 0 Å². The van der Waals surface area contributed by atoms with Gasteiger partial charge in [0, 0.05) is 6.54 Å². The van der Waals surface area contributed by atoms with Crippen LogP contribution in [0.4, 0.5) is 0 Å². The van der Waals surface area contributed by atoms with Gasteiger partial charge in [-0.25, -0.2) is 0 Å². The number of nitrogens with zero attached hydrogens (tertiary/aromatic N) is 2. The Labute approximate surface area is 85.0 Å². The zero-order valence-electron chi connectivity index (χ0n) is 8.79. The Kier molecular flexibility index (Phi) is 3.93. The second-order valence-electron chi connectivity index (χ2n) is 3.75. The Morgan fingerprint density at radius 2 is 2.29 bits per heavy atom. The van der Waals surface area contributed by atoms with Gasteiger partial charge in [0.2, 0.25) is 5.91 Å². The number of likely N-dealkylation sites (tertiary alicyclic amines) is 1. The maximum atomic E-state index is 11.4. The van der Waals surface area contributed by atoms with Gasteiger partial charge in [-0.05, 0) is 20.5 Å². The van der Waals surface area contributed by atoms with E-state index in [2.05, 4.69) is 11.8 Å². The number of hydrogen-bond acceptors (Lipinski definition) is 3. The zero-order valence-corrected chi connectivity index (χ0v) is 8.79. The summed E-state index contributed by atoms with van der Waals surface area (Å²) in [7, 11) is 3.93. The fourth-order valence-electron chi connectivity index (χ4n) is 1.29. The van der Waals surface area contributed by atoms with E-state index in [1.807, 2.05) is 19.0 Å². The van der Waals surface area contributed by atoms with Crippen molar-refractivity contribution in [3.05, 3.63) is 0 Å². The van der Waals surface area contributed by atoms with Crippen molar-refractivity contribution < 1.29 is 4.79 Å². The molecular formula is C10H17N3O. The molecule has 0 aromatic heterocycles. The molecule has 14 heavy (non-hydrogen) atoms. The minimum Gasteiger partial charge on any atom is -0.330 e. The first kappa shape index (κ1) is 11.0. The first-order valence-electron chi connectivity index (χ1n) is 4.76. The molecule has 0 aliphatic carbocycles. The molecule has 1 amide bonds.